The SMILES string of the molecule is CCOC1CCCN(c2ccc(Br)cc2CNC(C)C)C1. The topological polar surface area (TPSA) is 24.5 Å². The molecule has 0 radical (unpaired) electrons. The molecule has 118 valence electrons. The van der Waals surface area contributed by atoms with Crippen LogP contribution in [0.5, 0.6) is 0 Å². The Morgan fingerprint density at radius 1 is 1.43 bits per heavy atom. The second kappa shape index (κ2) is 8.16. The summed E-state index contributed by atoms with van der Waals surface area (Å²) in [6.45, 7) is 10.3. The molecular formula is C17H27BrN2O. The number of hydrogen-bond acceptors (Lipinski definition) is 3. The van der Waals surface area contributed by atoms with Crippen molar-refractivity contribution in [1.82, 2.24) is 5.32 Å². The number of piperidine rings is 1. The lowest BCUT2D eigenvalue weighted by Crippen LogP contribution is -2.40. The highest BCUT2D eigenvalue weighted by atomic mass is 79.9. The fourth-order valence-corrected chi connectivity index (χ4v) is 3.26. The van der Waals surface area contributed by atoms with Crippen molar-refractivity contribution in [3.63, 3.8) is 0 Å². The molecule has 1 aliphatic rings. The van der Waals surface area contributed by atoms with E-state index >= 15 is 0 Å². The molecule has 1 fully saturated rings. The lowest BCUT2D eigenvalue weighted by Gasteiger charge is -2.35. The number of hydrogen-bond donors (Lipinski definition) is 1. The highest BCUT2D eigenvalue weighted by Gasteiger charge is 2.22. The van der Waals surface area contributed by atoms with E-state index in [1.54, 1.807) is 0 Å². The molecule has 0 spiro atoms. The first-order chi connectivity index (χ1) is 10.1. The number of nitrogens with zero attached hydrogens (tertiary/aromatic N) is 1. The summed E-state index contributed by atoms with van der Waals surface area (Å²) in [4.78, 5) is 2.48. The molecule has 1 heterocycles. The van der Waals surface area contributed by atoms with E-state index in [9.17, 15) is 0 Å². The maximum Gasteiger partial charge on any atom is 0.0750 e. The molecule has 1 atom stereocenters. The van der Waals surface area contributed by atoms with E-state index in [1.807, 2.05) is 0 Å². The molecule has 0 saturated carbocycles. The lowest BCUT2D eigenvalue weighted by molar-refractivity contribution is 0.0526. The van der Waals surface area contributed by atoms with Crippen LogP contribution in [0.25, 0.3) is 0 Å². The van der Waals surface area contributed by atoms with Gasteiger partial charge in [0.25, 0.3) is 0 Å². The highest BCUT2D eigenvalue weighted by molar-refractivity contribution is 9.10. The molecule has 1 aromatic rings. The quantitative estimate of drug-likeness (QED) is 0.836. The lowest BCUT2D eigenvalue weighted by atomic mass is 10.0. The fraction of sp³-hybridized carbons (Fsp3) is 0.647. The smallest absolute Gasteiger partial charge is 0.0750 e. The average molecular weight is 355 g/mol. The van der Waals surface area contributed by atoms with E-state index in [2.05, 4.69) is 65.1 Å². The third kappa shape index (κ3) is 4.97. The van der Waals surface area contributed by atoms with E-state index in [0.29, 0.717) is 12.1 Å². The Morgan fingerprint density at radius 3 is 2.95 bits per heavy atom. The number of rotatable bonds is 6. The predicted molar refractivity (Wildman–Crippen MR) is 93.0 cm³/mol. The molecule has 0 aliphatic carbocycles. The fourth-order valence-electron chi connectivity index (χ4n) is 2.85. The highest BCUT2D eigenvalue weighted by Crippen LogP contribution is 2.28. The summed E-state index contributed by atoms with van der Waals surface area (Å²) in [6, 6.07) is 7.10. The Kier molecular flexibility index (Phi) is 6.52. The number of ether oxygens (including phenoxy) is 1. The molecule has 1 aromatic carbocycles. The van der Waals surface area contributed by atoms with E-state index in [1.165, 1.54) is 24.1 Å². The zero-order valence-electron chi connectivity index (χ0n) is 13.4. The van der Waals surface area contributed by atoms with Gasteiger partial charge < -0.3 is 15.0 Å². The van der Waals surface area contributed by atoms with Crippen molar-refractivity contribution in [2.75, 3.05) is 24.6 Å². The van der Waals surface area contributed by atoms with Crippen molar-refractivity contribution in [1.29, 1.82) is 0 Å². The second-order valence-corrected chi connectivity index (χ2v) is 6.89. The Balaban J connectivity index is 2.13. The van der Waals surface area contributed by atoms with E-state index < -0.39 is 0 Å². The first-order valence-corrected chi connectivity index (χ1v) is 8.77. The van der Waals surface area contributed by atoms with Crippen LogP contribution < -0.4 is 10.2 Å². The molecule has 1 N–H and O–H groups in total. The van der Waals surface area contributed by atoms with Crippen LogP contribution in [0.3, 0.4) is 0 Å². The number of benzene rings is 1. The van der Waals surface area contributed by atoms with Crippen LogP contribution in [-0.4, -0.2) is 31.8 Å². The van der Waals surface area contributed by atoms with Gasteiger partial charge in [-0.2, -0.15) is 0 Å². The van der Waals surface area contributed by atoms with Crippen molar-refractivity contribution in [3.05, 3.63) is 28.2 Å². The van der Waals surface area contributed by atoms with E-state index in [0.717, 1.165) is 30.7 Å². The van der Waals surface area contributed by atoms with Gasteiger partial charge in [-0.3, -0.25) is 0 Å². The first-order valence-electron chi connectivity index (χ1n) is 7.98. The van der Waals surface area contributed by atoms with Crippen molar-refractivity contribution in [2.45, 2.75) is 52.3 Å². The Morgan fingerprint density at radius 2 is 2.24 bits per heavy atom. The van der Waals surface area contributed by atoms with Crippen LogP contribution >= 0.6 is 15.9 Å². The number of anilines is 1. The molecule has 3 nitrogen and oxygen atoms in total. The van der Waals surface area contributed by atoms with Crippen molar-refractivity contribution < 1.29 is 4.74 Å². The van der Waals surface area contributed by atoms with Gasteiger partial charge in [0, 0.05) is 42.4 Å². The maximum absolute atomic E-state index is 5.83. The Labute approximate surface area is 137 Å². The van der Waals surface area contributed by atoms with Crippen LogP contribution in [0.15, 0.2) is 22.7 Å². The van der Waals surface area contributed by atoms with Gasteiger partial charge in [-0.1, -0.05) is 29.8 Å². The van der Waals surface area contributed by atoms with Gasteiger partial charge in [0.15, 0.2) is 0 Å². The molecule has 0 amide bonds. The van der Waals surface area contributed by atoms with Crippen LogP contribution in [0, 0.1) is 0 Å². The standard InChI is InChI=1S/C17H27BrN2O/c1-4-21-16-6-5-9-20(12-16)17-8-7-15(18)10-14(17)11-19-13(2)3/h7-8,10,13,16,19H,4-6,9,11-12H2,1-3H3. The van der Waals surface area contributed by atoms with Gasteiger partial charge >= 0.3 is 0 Å². The zero-order chi connectivity index (χ0) is 15.2. The minimum absolute atomic E-state index is 0.373. The predicted octanol–water partition coefficient (Wildman–Crippen LogP) is 3.95. The second-order valence-electron chi connectivity index (χ2n) is 5.97. The average Bonchev–Trinajstić information content (AvgIpc) is 2.46. The molecule has 2 rings (SSSR count). The van der Waals surface area contributed by atoms with E-state index in [4.69, 9.17) is 4.74 Å². The zero-order valence-corrected chi connectivity index (χ0v) is 14.9. The normalized spacial score (nSPS) is 19.3. The summed E-state index contributed by atoms with van der Waals surface area (Å²) < 4.78 is 6.97. The van der Waals surface area contributed by atoms with E-state index in [-0.39, 0.29) is 0 Å². The van der Waals surface area contributed by atoms with Crippen molar-refractivity contribution in [3.8, 4) is 0 Å². The molecule has 0 aromatic heterocycles. The maximum atomic E-state index is 5.83. The minimum atomic E-state index is 0.373. The molecule has 1 saturated heterocycles. The monoisotopic (exact) mass is 354 g/mol. The van der Waals surface area contributed by atoms with Crippen LogP contribution in [0.1, 0.15) is 39.2 Å². The first kappa shape index (κ1) is 16.8. The summed E-state index contributed by atoms with van der Waals surface area (Å²) in [7, 11) is 0. The summed E-state index contributed by atoms with van der Waals surface area (Å²) >= 11 is 3.59. The molecule has 1 unspecified atom stereocenters. The Bertz CT molecular complexity index is 448. The molecular weight excluding hydrogens is 328 g/mol. The van der Waals surface area contributed by atoms with Gasteiger partial charge in [0.05, 0.1) is 6.10 Å². The summed E-state index contributed by atoms with van der Waals surface area (Å²) in [5.41, 5.74) is 2.70. The van der Waals surface area contributed by atoms with Crippen LogP contribution in [0.4, 0.5) is 5.69 Å². The molecule has 4 heteroatoms. The van der Waals surface area contributed by atoms with Crippen LogP contribution in [-0.2, 0) is 11.3 Å². The molecule has 21 heavy (non-hydrogen) atoms. The van der Waals surface area contributed by atoms with Crippen molar-refractivity contribution >= 4 is 21.6 Å². The summed E-state index contributed by atoms with van der Waals surface area (Å²) in [5.74, 6) is 0. The van der Waals surface area contributed by atoms with Gasteiger partial charge in [-0.25, -0.2) is 0 Å². The van der Waals surface area contributed by atoms with Gasteiger partial charge in [-0.15, -0.1) is 0 Å². The third-order valence-electron chi connectivity index (χ3n) is 3.86. The number of halogens is 1. The molecule has 0 bridgehead atoms. The van der Waals surface area contributed by atoms with Gasteiger partial charge in [-0.05, 0) is 43.5 Å². The largest absolute Gasteiger partial charge is 0.377 e. The van der Waals surface area contributed by atoms with Crippen LogP contribution in [0.2, 0.25) is 0 Å². The third-order valence-corrected chi connectivity index (χ3v) is 4.36. The van der Waals surface area contributed by atoms with Gasteiger partial charge in [0.1, 0.15) is 0 Å². The molecule has 1 aliphatic heterocycles. The van der Waals surface area contributed by atoms with Gasteiger partial charge in [0.2, 0.25) is 0 Å². The minimum Gasteiger partial charge on any atom is -0.377 e. The Hall–Kier alpha value is -0.580. The summed E-state index contributed by atoms with van der Waals surface area (Å²) in [6.07, 6.45) is 2.76. The van der Waals surface area contributed by atoms with Crippen molar-refractivity contribution in [2.24, 2.45) is 0 Å². The summed E-state index contributed by atoms with van der Waals surface area (Å²) in [5, 5.41) is 3.53. The number of nitrogens with one attached hydrogen (secondary N) is 1.